The molecule has 1 aliphatic heterocycles. The first-order chi connectivity index (χ1) is 5.74. The van der Waals surface area contributed by atoms with E-state index in [2.05, 4.69) is 4.18 Å². The van der Waals surface area contributed by atoms with Crippen LogP contribution in [0.4, 0.5) is 0 Å². The number of rotatable bonds is 5. The van der Waals surface area contributed by atoms with Crippen molar-refractivity contribution in [3.63, 3.8) is 0 Å². The SMILES string of the molecule is CCC(COS(=O)O)C1COC1. The molecule has 2 unspecified atom stereocenters. The van der Waals surface area contributed by atoms with Gasteiger partial charge >= 0.3 is 11.4 Å². The van der Waals surface area contributed by atoms with E-state index in [-0.39, 0.29) is 0 Å². The normalized spacial score (nSPS) is 23.2. The second-order valence-electron chi connectivity index (χ2n) is 2.97. The molecule has 0 amide bonds. The Kier molecular flexibility index (Phi) is 4.14. The summed E-state index contributed by atoms with van der Waals surface area (Å²) in [6.45, 7) is 3.93. The topological polar surface area (TPSA) is 55.8 Å². The first-order valence-corrected chi connectivity index (χ1v) is 5.09. The lowest BCUT2D eigenvalue weighted by Gasteiger charge is -2.32. The molecule has 0 aromatic carbocycles. The average molecular weight is 194 g/mol. The highest BCUT2D eigenvalue weighted by Gasteiger charge is 2.27. The van der Waals surface area contributed by atoms with Crippen molar-refractivity contribution in [2.45, 2.75) is 13.3 Å². The molecule has 4 nitrogen and oxygen atoms in total. The predicted molar refractivity (Wildman–Crippen MR) is 44.8 cm³/mol. The lowest BCUT2D eigenvalue weighted by atomic mass is 9.89. The van der Waals surface area contributed by atoms with E-state index in [1.54, 1.807) is 0 Å². The van der Waals surface area contributed by atoms with Gasteiger partial charge in [-0.25, -0.2) is 0 Å². The Bertz CT molecular complexity index is 157. The molecule has 1 rings (SSSR count). The van der Waals surface area contributed by atoms with Gasteiger partial charge in [0.2, 0.25) is 0 Å². The minimum Gasteiger partial charge on any atom is -0.381 e. The van der Waals surface area contributed by atoms with Crippen LogP contribution in [0, 0.1) is 11.8 Å². The fourth-order valence-corrected chi connectivity index (χ4v) is 1.55. The van der Waals surface area contributed by atoms with Crippen molar-refractivity contribution in [3.8, 4) is 0 Å². The van der Waals surface area contributed by atoms with Gasteiger partial charge in [-0.1, -0.05) is 13.3 Å². The summed E-state index contributed by atoms with van der Waals surface area (Å²) in [7, 11) is 0. The summed E-state index contributed by atoms with van der Waals surface area (Å²) in [5, 5.41) is 0. The monoisotopic (exact) mass is 194 g/mol. The summed E-state index contributed by atoms with van der Waals surface area (Å²) < 4.78 is 28.2. The Morgan fingerprint density at radius 1 is 1.75 bits per heavy atom. The van der Waals surface area contributed by atoms with Crippen molar-refractivity contribution < 1.29 is 17.7 Å². The van der Waals surface area contributed by atoms with E-state index in [0.29, 0.717) is 18.4 Å². The van der Waals surface area contributed by atoms with Gasteiger partial charge in [-0.05, 0) is 5.92 Å². The first-order valence-electron chi connectivity index (χ1n) is 4.06. The maximum atomic E-state index is 10.2. The summed E-state index contributed by atoms with van der Waals surface area (Å²) in [6, 6.07) is 0. The molecule has 0 radical (unpaired) electrons. The molecule has 0 aliphatic carbocycles. The zero-order chi connectivity index (χ0) is 8.97. The van der Waals surface area contributed by atoms with Crippen LogP contribution in [0.25, 0.3) is 0 Å². The highest BCUT2D eigenvalue weighted by Crippen LogP contribution is 2.23. The third-order valence-electron chi connectivity index (χ3n) is 2.24. The maximum Gasteiger partial charge on any atom is 0.301 e. The van der Waals surface area contributed by atoms with Crippen LogP contribution in [-0.2, 0) is 20.3 Å². The van der Waals surface area contributed by atoms with Crippen molar-refractivity contribution in [1.82, 2.24) is 0 Å². The quantitative estimate of drug-likeness (QED) is 0.658. The van der Waals surface area contributed by atoms with Crippen LogP contribution in [0.15, 0.2) is 0 Å². The zero-order valence-corrected chi connectivity index (χ0v) is 7.88. The largest absolute Gasteiger partial charge is 0.381 e. The lowest BCUT2D eigenvalue weighted by molar-refractivity contribution is -0.0691. The smallest absolute Gasteiger partial charge is 0.301 e. The van der Waals surface area contributed by atoms with Gasteiger partial charge in [0.1, 0.15) is 0 Å². The van der Waals surface area contributed by atoms with Gasteiger partial charge < -0.3 is 4.74 Å². The van der Waals surface area contributed by atoms with Crippen molar-refractivity contribution in [1.29, 1.82) is 0 Å². The Labute approximate surface area is 74.7 Å². The molecule has 5 heteroatoms. The Balaban J connectivity index is 2.20. The fourth-order valence-electron chi connectivity index (χ4n) is 1.26. The van der Waals surface area contributed by atoms with E-state index in [1.165, 1.54) is 0 Å². The molecule has 1 heterocycles. The molecule has 12 heavy (non-hydrogen) atoms. The standard InChI is InChI=1S/C7H14O4S/c1-2-6(5-11-12(8)9)7-3-10-4-7/h6-7H,2-5H2,1H3,(H,8,9). The van der Waals surface area contributed by atoms with Crippen molar-refractivity contribution in [2.24, 2.45) is 11.8 Å². The predicted octanol–water partition coefficient (Wildman–Crippen LogP) is 0.812. The van der Waals surface area contributed by atoms with Crippen molar-refractivity contribution >= 4 is 11.4 Å². The average Bonchev–Trinajstić information content (AvgIpc) is 1.93. The van der Waals surface area contributed by atoms with E-state index in [1.807, 2.05) is 6.92 Å². The van der Waals surface area contributed by atoms with Crippen LogP contribution in [-0.4, -0.2) is 28.6 Å². The molecule has 0 aromatic rings. The zero-order valence-electron chi connectivity index (χ0n) is 7.06. The highest BCUT2D eigenvalue weighted by atomic mass is 32.2. The summed E-state index contributed by atoms with van der Waals surface area (Å²) in [5.74, 6) is 0.869. The van der Waals surface area contributed by atoms with E-state index < -0.39 is 11.4 Å². The molecule has 0 aromatic heterocycles. The highest BCUT2D eigenvalue weighted by molar-refractivity contribution is 7.74. The van der Waals surface area contributed by atoms with Crippen LogP contribution in [0.5, 0.6) is 0 Å². The molecule has 2 atom stereocenters. The summed E-state index contributed by atoms with van der Waals surface area (Å²) >= 11 is -2.12. The molecular weight excluding hydrogens is 180 g/mol. The molecule has 0 bridgehead atoms. The molecular formula is C7H14O4S. The van der Waals surface area contributed by atoms with E-state index in [4.69, 9.17) is 9.29 Å². The van der Waals surface area contributed by atoms with Crippen molar-refractivity contribution in [2.75, 3.05) is 19.8 Å². The molecule has 0 saturated carbocycles. The Morgan fingerprint density at radius 2 is 2.42 bits per heavy atom. The van der Waals surface area contributed by atoms with Gasteiger partial charge in [-0.2, -0.15) is 4.21 Å². The Morgan fingerprint density at radius 3 is 2.75 bits per heavy atom. The number of hydrogen-bond donors (Lipinski definition) is 1. The third kappa shape index (κ3) is 2.82. The van der Waals surface area contributed by atoms with Crippen LogP contribution in [0.1, 0.15) is 13.3 Å². The molecule has 0 spiro atoms. The first kappa shape index (κ1) is 10.1. The van der Waals surface area contributed by atoms with Crippen LogP contribution < -0.4 is 0 Å². The number of ether oxygens (including phenoxy) is 1. The Hall–Kier alpha value is 0.0300. The van der Waals surface area contributed by atoms with Crippen LogP contribution in [0.2, 0.25) is 0 Å². The fraction of sp³-hybridized carbons (Fsp3) is 1.00. The minimum absolute atomic E-state index is 0.355. The van der Waals surface area contributed by atoms with Gasteiger partial charge in [-0.15, -0.1) is 0 Å². The van der Waals surface area contributed by atoms with Gasteiger partial charge in [0.05, 0.1) is 19.8 Å². The molecule has 1 N–H and O–H groups in total. The van der Waals surface area contributed by atoms with Gasteiger partial charge in [0, 0.05) is 5.92 Å². The van der Waals surface area contributed by atoms with Crippen LogP contribution in [0.3, 0.4) is 0 Å². The summed E-state index contributed by atoms with van der Waals surface area (Å²) in [5.41, 5.74) is 0. The maximum absolute atomic E-state index is 10.2. The number of hydrogen-bond acceptors (Lipinski definition) is 3. The molecule has 72 valence electrons. The molecule has 1 fully saturated rings. The van der Waals surface area contributed by atoms with Crippen LogP contribution >= 0.6 is 0 Å². The van der Waals surface area contributed by atoms with E-state index in [0.717, 1.165) is 19.6 Å². The van der Waals surface area contributed by atoms with Gasteiger partial charge in [0.15, 0.2) is 0 Å². The van der Waals surface area contributed by atoms with E-state index >= 15 is 0 Å². The third-order valence-corrected chi connectivity index (χ3v) is 2.58. The molecule has 1 aliphatic rings. The minimum atomic E-state index is -2.12. The van der Waals surface area contributed by atoms with Crippen molar-refractivity contribution in [3.05, 3.63) is 0 Å². The van der Waals surface area contributed by atoms with Gasteiger partial charge in [-0.3, -0.25) is 8.74 Å². The second-order valence-corrected chi connectivity index (χ2v) is 3.64. The summed E-state index contributed by atoms with van der Waals surface area (Å²) in [6.07, 6.45) is 0.964. The van der Waals surface area contributed by atoms with Gasteiger partial charge in [0.25, 0.3) is 0 Å². The lowest BCUT2D eigenvalue weighted by Crippen LogP contribution is -2.36. The van der Waals surface area contributed by atoms with E-state index in [9.17, 15) is 4.21 Å². The molecule has 1 saturated heterocycles. The second kappa shape index (κ2) is 4.91. The summed E-state index contributed by atoms with van der Waals surface area (Å²) in [4.78, 5) is 0.